The van der Waals surface area contributed by atoms with Gasteiger partial charge in [0.05, 0.1) is 0 Å². The normalized spacial score (nSPS) is 16.0. The van der Waals surface area contributed by atoms with Crippen molar-refractivity contribution < 1.29 is 0 Å². The third-order valence-corrected chi connectivity index (χ3v) is 4.59. The van der Waals surface area contributed by atoms with Gasteiger partial charge in [0.2, 0.25) is 0 Å². The van der Waals surface area contributed by atoms with Gasteiger partial charge in [0.1, 0.15) is 0 Å². The van der Waals surface area contributed by atoms with Gasteiger partial charge < -0.3 is 0 Å². The van der Waals surface area contributed by atoms with E-state index in [9.17, 15) is 0 Å². The van der Waals surface area contributed by atoms with E-state index in [1.54, 1.807) is 0 Å². The predicted octanol–water partition coefficient (Wildman–Crippen LogP) is 2.77. The largest absolute Gasteiger partial charge is 0.121 e. The zero-order valence-electron chi connectivity index (χ0n) is 9.89. The van der Waals surface area contributed by atoms with Gasteiger partial charge in [-0.1, -0.05) is 54.6 Å². The molecule has 0 spiro atoms. The Bertz CT molecular complexity index is 781. The van der Waals surface area contributed by atoms with Crippen LogP contribution in [0.15, 0.2) is 54.6 Å². The molecule has 0 fully saturated rings. The Hall–Kier alpha value is -1.73. The number of hydrogen-bond donors (Lipinski definition) is 0. The average Bonchev–Trinajstić information content (AvgIpc) is 2.84. The fourth-order valence-corrected chi connectivity index (χ4v) is 3.81. The number of thioether (sulfide) groups is 1. The van der Waals surface area contributed by atoms with Crippen LogP contribution in [0.1, 0.15) is 11.1 Å². The molecule has 0 saturated heterocycles. The van der Waals surface area contributed by atoms with Crippen molar-refractivity contribution in [3.8, 4) is 0 Å². The molecule has 0 radical (unpaired) electrons. The molecule has 1 heterocycles. The first-order valence-electron chi connectivity index (χ1n) is 6.17. The van der Waals surface area contributed by atoms with Crippen LogP contribution in [-0.4, -0.2) is 5.75 Å². The zero-order chi connectivity index (χ0) is 11.9. The fourth-order valence-electron chi connectivity index (χ4n) is 2.70. The second-order valence-corrected chi connectivity index (χ2v) is 5.61. The summed E-state index contributed by atoms with van der Waals surface area (Å²) in [5.41, 5.74) is 4.11. The number of hydrogen-bond acceptors (Lipinski definition) is 1. The molecular weight excluding hydrogens is 236 g/mol. The summed E-state index contributed by atoms with van der Waals surface area (Å²) in [6.07, 6.45) is 4.66. The Kier molecular flexibility index (Phi) is 2.21. The third-order valence-electron chi connectivity index (χ3n) is 3.53. The highest BCUT2D eigenvalue weighted by Crippen LogP contribution is 2.40. The van der Waals surface area contributed by atoms with Crippen LogP contribution in [0.25, 0.3) is 16.6 Å². The maximum atomic E-state index is 2.36. The van der Waals surface area contributed by atoms with Gasteiger partial charge in [-0.2, -0.15) is 0 Å². The van der Waals surface area contributed by atoms with Crippen molar-refractivity contribution in [3.63, 3.8) is 0 Å². The van der Waals surface area contributed by atoms with Crippen LogP contribution in [0.5, 0.6) is 0 Å². The molecule has 4 rings (SSSR count). The second kappa shape index (κ2) is 3.89. The summed E-state index contributed by atoms with van der Waals surface area (Å²) >= 11 is 1.95. The van der Waals surface area contributed by atoms with Crippen molar-refractivity contribution in [3.05, 3.63) is 76.2 Å². The fraction of sp³-hybridized carbons (Fsp3) is 0.0588. The van der Waals surface area contributed by atoms with Crippen molar-refractivity contribution >= 4 is 28.3 Å². The first kappa shape index (κ1) is 10.2. The van der Waals surface area contributed by atoms with Crippen LogP contribution in [0.2, 0.25) is 0 Å². The van der Waals surface area contributed by atoms with E-state index in [-0.39, 0.29) is 0 Å². The minimum atomic E-state index is 1.09. The van der Waals surface area contributed by atoms with E-state index in [0.29, 0.717) is 0 Å². The predicted molar refractivity (Wildman–Crippen MR) is 79.5 cm³/mol. The highest BCUT2D eigenvalue weighted by molar-refractivity contribution is 8.09. The van der Waals surface area contributed by atoms with Gasteiger partial charge >= 0.3 is 0 Å². The Morgan fingerprint density at radius 3 is 2.72 bits per heavy atom. The number of fused-ring (bicyclic) bond motifs is 4. The summed E-state index contributed by atoms with van der Waals surface area (Å²) in [7, 11) is 0. The van der Waals surface area contributed by atoms with Gasteiger partial charge in [0.15, 0.2) is 0 Å². The van der Waals surface area contributed by atoms with E-state index in [4.69, 9.17) is 0 Å². The van der Waals surface area contributed by atoms with Crippen LogP contribution in [0.3, 0.4) is 0 Å². The first-order valence-corrected chi connectivity index (χ1v) is 7.16. The topological polar surface area (TPSA) is 0 Å². The number of benzene rings is 2. The lowest BCUT2D eigenvalue weighted by atomic mass is 10.00. The molecule has 18 heavy (non-hydrogen) atoms. The quantitative estimate of drug-likeness (QED) is 0.691. The molecule has 0 amide bonds. The van der Waals surface area contributed by atoms with Gasteiger partial charge in [-0.25, -0.2) is 0 Å². The zero-order valence-corrected chi connectivity index (χ0v) is 10.7. The van der Waals surface area contributed by atoms with Crippen LogP contribution in [-0.2, 0) is 0 Å². The molecule has 86 valence electrons. The molecule has 0 bridgehead atoms. The highest BCUT2D eigenvalue weighted by Gasteiger charge is 2.18. The molecule has 0 N–H and O–H groups in total. The summed E-state index contributed by atoms with van der Waals surface area (Å²) in [4.78, 5) is 1.44. The summed E-state index contributed by atoms with van der Waals surface area (Å²) in [6.45, 7) is 0. The lowest BCUT2D eigenvalue weighted by Gasteiger charge is -2.06. The molecule has 0 unspecified atom stereocenters. The van der Waals surface area contributed by atoms with Crippen LogP contribution in [0.4, 0.5) is 0 Å². The number of rotatable bonds is 0. The standard InChI is InChI=1S/C17H12S/c1-3-7-14-12(5-1)11-13-6-2-4-8-15(13)17-16(14)9-10-18-17/h1-9,11H,10H2. The molecule has 1 aliphatic heterocycles. The molecule has 1 aliphatic carbocycles. The maximum Gasteiger partial charge on any atom is 0.0229 e. The SMILES string of the molecule is C1=C2C(=c3ccccc3=Cc3ccccc32)SC1. The summed E-state index contributed by atoms with van der Waals surface area (Å²) < 4.78 is 0. The minimum absolute atomic E-state index is 1.09. The molecule has 2 aliphatic rings. The third kappa shape index (κ3) is 1.41. The van der Waals surface area contributed by atoms with Gasteiger partial charge in [-0.05, 0) is 33.2 Å². The van der Waals surface area contributed by atoms with Gasteiger partial charge in [0.25, 0.3) is 0 Å². The van der Waals surface area contributed by atoms with E-state index < -0.39 is 0 Å². The summed E-state index contributed by atoms with van der Waals surface area (Å²) in [6, 6.07) is 17.4. The molecule has 0 atom stereocenters. The Balaban J connectivity index is 2.22. The minimum Gasteiger partial charge on any atom is -0.121 e. The maximum absolute atomic E-state index is 2.36. The van der Waals surface area contributed by atoms with E-state index in [1.807, 2.05) is 11.8 Å². The molecule has 0 saturated carbocycles. The van der Waals surface area contributed by atoms with Crippen molar-refractivity contribution in [1.82, 2.24) is 0 Å². The summed E-state index contributed by atoms with van der Waals surface area (Å²) in [5, 5.41) is 2.71. The average molecular weight is 248 g/mol. The lowest BCUT2D eigenvalue weighted by molar-refractivity contribution is 1.52. The van der Waals surface area contributed by atoms with Crippen molar-refractivity contribution in [2.45, 2.75) is 0 Å². The molecule has 0 aromatic heterocycles. The Labute approximate surface area is 110 Å². The van der Waals surface area contributed by atoms with Crippen LogP contribution < -0.4 is 10.4 Å². The van der Waals surface area contributed by atoms with E-state index in [2.05, 4.69) is 60.7 Å². The smallest absolute Gasteiger partial charge is 0.0229 e. The molecule has 2 aromatic rings. The Morgan fingerprint density at radius 2 is 1.72 bits per heavy atom. The first-order chi connectivity index (χ1) is 8.93. The molecule has 0 nitrogen and oxygen atoms in total. The van der Waals surface area contributed by atoms with Crippen molar-refractivity contribution in [1.29, 1.82) is 0 Å². The molecule has 2 aromatic carbocycles. The summed E-state index contributed by atoms with van der Waals surface area (Å²) in [5.74, 6) is 1.09. The van der Waals surface area contributed by atoms with Crippen molar-refractivity contribution in [2.75, 3.05) is 5.75 Å². The van der Waals surface area contributed by atoms with Crippen molar-refractivity contribution in [2.24, 2.45) is 0 Å². The van der Waals surface area contributed by atoms with Gasteiger partial charge in [-0.3, -0.25) is 0 Å². The molecule has 1 heteroatoms. The van der Waals surface area contributed by atoms with Gasteiger partial charge in [-0.15, -0.1) is 11.8 Å². The monoisotopic (exact) mass is 248 g/mol. The van der Waals surface area contributed by atoms with Crippen LogP contribution in [0, 0.1) is 0 Å². The highest BCUT2D eigenvalue weighted by atomic mass is 32.2. The lowest BCUT2D eigenvalue weighted by Crippen LogP contribution is -2.24. The molecular formula is C17H12S. The van der Waals surface area contributed by atoms with E-state index >= 15 is 0 Å². The second-order valence-electron chi connectivity index (χ2n) is 4.58. The Morgan fingerprint density at radius 1 is 0.889 bits per heavy atom. The van der Waals surface area contributed by atoms with E-state index in [1.165, 1.54) is 32.0 Å². The van der Waals surface area contributed by atoms with E-state index in [0.717, 1.165) is 5.75 Å². The van der Waals surface area contributed by atoms with Crippen LogP contribution >= 0.6 is 11.8 Å². The van der Waals surface area contributed by atoms with Gasteiger partial charge in [0, 0.05) is 10.7 Å².